The number of benzene rings is 1. The van der Waals surface area contributed by atoms with E-state index in [0.717, 1.165) is 25.1 Å². The Balaban J connectivity index is 2.21. The zero-order valence-electron chi connectivity index (χ0n) is 11.7. The minimum Gasteiger partial charge on any atom is -0.419 e. The van der Waals surface area contributed by atoms with Crippen LogP contribution in [0.1, 0.15) is 37.8 Å². The van der Waals surface area contributed by atoms with Gasteiger partial charge in [-0.15, -0.1) is 10.2 Å². The van der Waals surface area contributed by atoms with E-state index < -0.39 is 11.7 Å². The van der Waals surface area contributed by atoms with E-state index in [-0.39, 0.29) is 11.9 Å². The molecule has 4 nitrogen and oxygen atoms in total. The van der Waals surface area contributed by atoms with Crippen LogP contribution in [0.5, 0.6) is 0 Å². The van der Waals surface area contributed by atoms with Crippen molar-refractivity contribution in [1.82, 2.24) is 15.5 Å². The number of nitrogens with one attached hydrogen (secondary N) is 1. The van der Waals surface area contributed by atoms with Crippen LogP contribution in [-0.2, 0) is 6.18 Å². The molecular formula is C14H16F3N3O. The smallest absolute Gasteiger partial charge is 0.416 e. The summed E-state index contributed by atoms with van der Waals surface area (Å²) in [6.45, 7) is 4.71. The molecule has 0 aliphatic carbocycles. The predicted molar refractivity (Wildman–Crippen MR) is 71.4 cm³/mol. The van der Waals surface area contributed by atoms with Gasteiger partial charge in [0.2, 0.25) is 11.8 Å². The highest BCUT2D eigenvalue weighted by Crippen LogP contribution is 2.31. The summed E-state index contributed by atoms with van der Waals surface area (Å²) in [4.78, 5) is 0. The van der Waals surface area contributed by atoms with E-state index in [1.165, 1.54) is 12.1 Å². The van der Waals surface area contributed by atoms with Gasteiger partial charge >= 0.3 is 6.18 Å². The van der Waals surface area contributed by atoms with Crippen LogP contribution in [0.3, 0.4) is 0 Å². The molecule has 0 spiro atoms. The summed E-state index contributed by atoms with van der Waals surface area (Å²) in [6.07, 6.45) is -3.57. The minimum absolute atomic E-state index is 0.0503. The van der Waals surface area contributed by atoms with Crippen molar-refractivity contribution in [2.24, 2.45) is 0 Å². The molecule has 0 aliphatic heterocycles. The van der Waals surface area contributed by atoms with Crippen LogP contribution in [-0.4, -0.2) is 16.7 Å². The van der Waals surface area contributed by atoms with E-state index >= 15 is 0 Å². The lowest BCUT2D eigenvalue weighted by Gasteiger charge is -2.10. The van der Waals surface area contributed by atoms with Gasteiger partial charge in [-0.05, 0) is 37.2 Å². The SMILES string of the molecule is CCNC(CC)c1nnc(-c2ccc(C(F)(F)F)cc2)o1. The maximum absolute atomic E-state index is 12.5. The molecule has 0 saturated heterocycles. The van der Waals surface area contributed by atoms with Gasteiger partial charge in [0.05, 0.1) is 11.6 Å². The van der Waals surface area contributed by atoms with Crippen LogP contribution in [0.2, 0.25) is 0 Å². The van der Waals surface area contributed by atoms with Crippen LogP contribution in [0.4, 0.5) is 13.2 Å². The van der Waals surface area contributed by atoms with Gasteiger partial charge in [-0.2, -0.15) is 13.2 Å². The van der Waals surface area contributed by atoms with Crippen molar-refractivity contribution in [3.05, 3.63) is 35.7 Å². The number of hydrogen-bond acceptors (Lipinski definition) is 4. The number of nitrogens with zero attached hydrogens (tertiary/aromatic N) is 2. The molecule has 7 heteroatoms. The fraction of sp³-hybridized carbons (Fsp3) is 0.429. The summed E-state index contributed by atoms with van der Waals surface area (Å²) in [6, 6.07) is 4.61. The Bertz CT molecular complexity index is 578. The number of halogens is 3. The first-order valence-electron chi connectivity index (χ1n) is 6.70. The van der Waals surface area contributed by atoms with Gasteiger partial charge in [-0.1, -0.05) is 13.8 Å². The monoisotopic (exact) mass is 299 g/mol. The number of rotatable bonds is 5. The summed E-state index contributed by atoms with van der Waals surface area (Å²) < 4.78 is 43.0. The number of hydrogen-bond donors (Lipinski definition) is 1. The topological polar surface area (TPSA) is 51.0 Å². The summed E-state index contributed by atoms with van der Waals surface area (Å²) in [7, 11) is 0. The molecule has 1 heterocycles. The van der Waals surface area contributed by atoms with Crippen molar-refractivity contribution < 1.29 is 17.6 Å². The molecular weight excluding hydrogens is 283 g/mol. The first-order valence-corrected chi connectivity index (χ1v) is 6.70. The molecule has 1 unspecified atom stereocenters. The zero-order valence-corrected chi connectivity index (χ0v) is 11.7. The van der Waals surface area contributed by atoms with Gasteiger partial charge in [0.1, 0.15) is 0 Å². The Kier molecular flexibility index (Phi) is 4.62. The van der Waals surface area contributed by atoms with E-state index in [2.05, 4.69) is 15.5 Å². The molecule has 2 aromatic rings. The normalized spacial score (nSPS) is 13.4. The first-order chi connectivity index (χ1) is 9.95. The predicted octanol–water partition coefficient (Wildman–Crippen LogP) is 3.82. The quantitative estimate of drug-likeness (QED) is 0.912. The number of alkyl halides is 3. The highest BCUT2D eigenvalue weighted by molar-refractivity contribution is 5.53. The van der Waals surface area contributed by atoms with Crippen LogP contribution in [0, 0.1) is 0 Å². The van der Waals surface area contributed by atoms with Crippen LogP contribution < -0.4 is 5.32 Å². The Hall–Kier alpha value is -1.89. The van der Waals surface area contributed by atoms with Gasteiger partial charge < -0.3 is 9.73 Å². The van der Waals surface area contributed by atoms with Gasteiger partial charge in [0, 0.05) is 5.56 Å². The van der Waals surface area contributed by atoms with Crippen molar-refractivity contribution in [2.45, 2.75) is 32.5 Å². The summed E-state index contributed by atoms with van der Waals surface area (Å²) in [5.41, 5.74) is -0.238. The van der Waals surface area contributed by atoms with Gasteiger partial charge in [0.15, 0.2) is 0 Å². The van der Waals surface area contributed by atoms with Crippen molar-refractivity contribution in [3.8, 4) is 11.5 Å². The van der Waals surface area contributed by atoms with Gasteiger partial charge in [0.25, 0.3) is 0 Å². The van der Waals surface area contributed by atoms with Crippen LogP contribution in [0.25, 0.3) is 11.5 Å². The Morgan fingerprint density at radius 1 is 1.14 bits per heavy atom. The Morgan fingerprint density at radius 2 is 1.81 bits per heavy atom. The lowest BCUT2D eigenvalue weighted by molar-refractivity contribution is -0.137. The summed E-state index contributed by atoms with van der Waals surface area (Å²) in [5.74, 6) is 0.657. The molecule has 1 N–H and O–H groups in total. The minimum atomic E-state index is -4.35. The van der Waals surface area contributed by atoms with E-state index in [0.29, 0.717) is 11.5 Å². The molecule has 1 aromatic heterocycles. The lowest BCUT2D eigenvalue weighted by atomic mass is 10.1. The molecule has 0 saturated carbocycles. The van der Waals surface area contributed by atoms with Gasteiger partial charge in [-0.25, -0.2) is 0 Å². The highest BCUT2D eigenvalue weighted by atomic mass is 19.4. The lowest BCUT2D eigenvalue weighted by Crippen LogP contribution is -2.20. The second-order valence-electron chi connectivity index (χ2n) is 4.54. The molecule has 1 aromatic carbocycles. The molecule has 0 radical (unpaired) electrons. The maximum Gasteiger partial charge on any atom is 0.416 e. The summed E-state index contributed by atoms with van der Waals surface area (Å²) in [5, 5.41) is 11.0. The molecule has 2 rings (SSSR count). The largest absolute Gasteiger partial charge is 0.419 e. The molecule has 0 bridgehead atoms. The van der Waals surface area contributed by atoms with Crippen LogP contribution >= 0.6 is 0 Å². The third kappa shape index (κ3) is 3.60. The highest BCUT2D eigenvalue weighted by Gasteiger charge is 2.30. The van der Waals surface area contributed by atoms with E-state index in [1.807, 2.05) is 13.8 Å². The second-order valence-corrected chi connectivity index (χ2v) is 4.54. The number of aromatic nitrogens is 2. The average Bonchev–Trinajstić information content (AvgIpc) is 2.93. The van der Waals surface area contributed by atoms with Crippen molar-refractivity contribution in [1.29, 1.82) is 0 Å². The molecule has 114 valence electrons. The Morgan fingerprint density at radius 3 is 2.33 bits per heavy atom. The summed E-state index contributed by atoms with van der Waals surface area (Å²) >= 11 is 0. The fourth-order valence-electron chi connectivity index (χ4n) is 1.95. The second kappa shape index (κ2) is 6.26. The van der Waals surface area contributed by atoms with E-state index in [1.54, 1.807) is 0 Å². The molecule has 0 fully saturated rings. The molecule has 21 heavy (non-hydrogen) atoms. The van der Waals surface area contributed by atoms with Crippen molar-refractivity contribution >= 4 is 0 Å². The molecule has 1 atom stereocenters. The Labute approximate surface area is 120 Å². The van der Waals surface area contributed by atoms with Crippen LogP contribution in [0.15, 0.2) is 28.7 Å². The fourth-order valence-corrected chi connectivity index (χ4v) is 1.95. The van der Waals surface area contributed by atoms with Crippen molar-refractivity contribution in [2.75, 3.05) is 6.54 Å². The average molecular weight is 299 g/mol. The third-order valence-corrected chi connectivity index (χ3v) is 3.06. The molecule has 0 amide bonds. The van der Waals surface area contributed by atoms with Gasteiger partial charge in [-0.3, -0.25) is 0 Å². The van der Waals surface area contributed by atoms with E-state index in [9.17, 15) is 13.2 Å². The third-order valence-electron chi connectivity index (χ3n) is 3.06. The van der Waals surface area contributed by atoms with E-state index in [4.69, 9.17) is 4.42 Å². The standard InChI is InChI=1S/C14H16F3N3O/c1-3-11(18-4-2)13-20-19-12(21-13)9-5-7-10(8-6-9)14(15,16)17/h5-8,11,18H,3-4H2,1-2H3. The van der Waals surface area contributed by atoms with Crippen molar-refractivity contribution in [3.63, 3.8) is 0 Å². The maximum atomic E-state index is 12.5. The first kappa shape index (κ1) is 15.5. The molecule has 0 aliphatic rings. The zero-order chi connectivity index (χ0) is 15.5.